The van der Waals surface area contributed by atoms with Gasteiger partial charge in [0, 0.05) is 30.0 Å². The van der Waals surface area contributed by atoms with E-state index in [0.29, 0.717) is 51.3 Å². The van der Waals surface area contributed by atoms with Crippen molar-refractivity contribution >= 4 is 44.6 Å². The fourth-order valence-electron chi connectivity index (χ4n) is 7.65. The second-order valence-corrected chi connectivity index (χ2v) is 19.0. The molecule has 2 saturated carbocycles. The maximum absolute atomic E-state index is 14.7. The number of carbonyl (C=O) groups excluding carboxylic acids is 4. The molecule has 3 heterocycles. The number of benzene rings is 1. The van der Waals surface area contributed by atoms with E-state index in [2.05, 4.69) is 20.3 Å². The van der Waals surface area contributed by atoms with Crippen LogP contribution in [0.2, 0.25) is 0 Å². The van der Waals surface area contributed by atoms with Crippen LogP contribution in [0.15, 0.2) is 36.5 Å². The second kappa shape index (κ2) is 15.5. The van der Waals surface area contributed by atoms with E-state index in [1.54, 1.807) is 19.1 Å². The number of nitrogens with zero attached hydrogens (tertiary/aromatic N) is 2. The lowest BCUT2D eigenvalue weighted by Gasteiger charge is -2.34. The van der Waals surface area contributed by atoms with E-state index in [9.17, 15) is 45.2 Å². The Labute approximate surface area is 333 Å². The van der Waals surface area contributed by atoms with Gasteiger partial charge in [-0.15, -0.1) is 0 Å². The molecule has 6 rings (SSSR count). The first-order valence-corrected chi connectivity index (χ1v) is 20.7. The number of sulfonamides is 1. The summed E-state index contributed by atoms with van der Waals surface area (Å²) in [7, 11) is -2.74. The molecule has 2 aliphatic carbocycles. The number of nitrogens with one attached hydrogen (secondary N) is 3. The lowest BCUT2D eigenvalue weighted by Crippen LogP contribution is -2.59. The van der Waals surface area contributed by atoms with Crippen molar-refractivity contribution in [1.82, 2.24) is 25.2 Å². The molecule has 14 nitrogen and oxygen atoms in total. The molecule has 1 saturated heterocycles. The van der Waals surface area contributed by atoms with Crippen LogP contribution in [0, 0.1) is 23.6 Å². The Balaban J connectivity index is 1.36. The number of carbonyl (C=O) groups is 4. The number of alkyl carbamates (subject to hydrolysis) is 1. The van der Waals surface area contributed by atoms with Crippen molar-refractivity contribution in [3.8, 4) is 11.6 Å². The Hall–Kier alpha value is -4.68. The monoisotopic (exact) mass is 839 g/mol. The molecule has 4 amide bonds. The second-order valence-electron chi connectivity index (χ2n) is 16.8. The zero-order valence-electron chi connectivity index (χ0n) is 33.1. The lowest BCUT2D eigenvalue weighted by atomic mass is 9.88. The van der Waals surface area contributed by atoms with Gasteiger partial charge in [0.15, 0.2) is 0 Å². The molecule has 0 bridgehead atoms. The summed E-state index contributed by atoms with van der Waals surface area (Å²) in [6, 6.07) is 1.07. The third-order valence-electron chi connectivity index (χ3n) is 11.8. The molecule has 0 spiro atoms. The standard InChI is InChI=1S/C39H49F4N5O9S/c1-21-9-7-8-10-23-19-38(23,34(51)47-58(53,54)37(5)12-13-37)46-31(49)28-18-25(56-32-27-16-24(40)17-29(55-6)26(27)11-14-44-32)20-48(28)33(50)30(22(2)15-21)45-35(52)57-36(3,4)39(41,42)43/h8,10-11,14,16-17,21-23,25,28,30H,7,9,12-13,15,18-20H2,1-6H3,(H,45,52)(H,46,49)(H,47,51)/b10-8-/t21-,22-,23-,25-,28+,30+,38-/m1/s1. The van der Waals surface area contributed by atoms with Crippen LogP contribution >= 0.6 is 0 Å². The molecule has 19 heteroatoms. The summed E-state index contributed by atoms with van der Waals surface area (Å²) in [4.78, 5) is 61.6. The quantitative estimate of drug-likeness (QED) is 0.240. The molecule has 7 atom stereocenters. The fraction of sp³-hybridized carbons (Fsp3) is 0.615. The number of ether oxygens (including phenoxy) is 3. The maximum atomic E-state index is 14.7. The van der Waals surface area contributed by atoms with E-state index in [-0.39, 0.29) is 42.3 Å². The van der Waals surface area contributed by atoms with Gasteiger partial charge in [-0.2, -0.15) is 13.2 Å². The van der Waals surface area contributed by atoms with Crippen molar-refractivity contribution in [2.45, 2.75) is 120 Å². The van der Waals surface area contributed by atoms with Crippen LogP contribution in [0.5, 0.6) is 11.6 Å². The average molecular weight is 840 g/mol. The van der Waals surface area contributed by atoms with Crippen LogP contribution in [0.3, 0.4) is 0 Å². The van der Waals surface area contributed by atoms with E-state index in [0.717, 1.165) is 4.90 Å². The molecule has 0 unspecified atom stereocenters. The molecule has 3 N–H and O–H groups in total. The van der Waals surface area contributed by atoms with Crippen LogP contribution in [0.1, 0.15) is 79.6 Å². The third-order valence-corrected chi connectivity index (χ3v) is 14.0. The number of aromatic nitrogens is 1. The van der Waals surface area contributed by atoms with Gasteiger partial charge in [-0.1, -0.05) is 26.0 Å². The van der Waals surface area contributed by atoms with Crippen molar-refractivity contribution in [1.29, 1.82) is 0 Å². The minimum Gasteiger partial charge on any atom is -0.496 e. The van der Waals surface area contributed by atoms with Crippen molar-refractivity contribution < 1.29 is 59.4 Å². The Morgan fingerprint density at radius 2 is 1.79 bits per heavy atom. The number of allylic oxidation sites excluding steroid dienone is 1. The SMILES string of the molecule is COc1cc(F)cc2c(O[C@@H]3C[C@H]4C(=O)N[C@]5(C(=O)NS(=O)(=O)C6(C)CC6)C[C@H]5/C=C\CC[C@@H](C)C[C@@H](C)[C@H](NC(=O)OC(C)(C)C(F)(F)F)C(=O)N4C3)nccc12. The normalized spacial score (nSPS) is 29.4. The highest BCUT2D eigenvalue weighted by molar-refractivity contribution is 7.91. The molecule has 318 valence electrons. The summed E-state index contributed by atoms with van der Waals surface area (Å²) in [6.07, 6.45) is -0.429. The van der Waals surface area contributed by atoms with E-state index in [1.165, 1.54) is 32.4 Å². The molecule has 2 aromatic rings. The molecule has 58 heavy (non-hydrogen) atoms. The van der Waals surface area contributed by atoms with Crippen molar-refractivity contribution in [3.63, 3.8) is 0 Å². The van der Waals surface area contributed by atoms with E-state index in [1.807, 2.05) is 13.0 Å². The van der Waals surface area contributed by atoms with Gasteiger partial charge in [-0.3, -0.25) is 19.1 Å². The molecule has 4 aliphatic rings. The summed E-state index contributed by atoms with van der Waals surface area (Å²) in [6.45, 7) is 6.11. The summed E-state index contributed by atoms with van der Waals surface area (Å²) >= 11 is 0. The molecule has 3 fully saturated rings. The first kappa shape index (κ1) is 42.9. The number of halogens is 4. The van der Waals surface area contributed by atoms with Crippen LogP contribution in [0.4, 0.5) is 22.4 Å². The van der Waals surface area contributed by atoms with E-state index >= 15 is 0 Å². The molecule has 1 aromatic heterocycles. The predicted molar refractivity (Wildman–Crippen MR) is 201 cm³/mol. The number of pyridine rings is 1. The van der Waals surface area contributed by atoms with Gasteiger partial charge < -0.3 is 29.7 Å². The van der Waals surface area contributed by atoms with E-state index < -0.39 is 91.7 Å². The first-order valence-electron chi connectivity index (χ1n) is 19.2. The Morgan fingerprint density at radius 1 is 1.09 bits per heavy atom. The topological polar surface area (TPSA) is 182 Å². The maximum Gasteiger partial charge on any atom is 0.427 e. The fourth-order valence-corrected chi connectivity index (χ4v) is 8.97. The van der Waals surface area contributed by atoms with Crippen LogP contribution < -0.4 is 24.8 Å². The van der Waals surface area contributed by atoms with Gasteiger partial charge in [0.05, 0.1) is 23.8 Å². The highest BCUT2D eigenvalue weighted by Crippen LogP contribution is 2.48. The lowest BCUT2D eigenvalue weighted by molar-refractivity contribution is -0.244. The van der Waals surface area contributed by atoms with E-state index in [4.69, 9.17) is 14.2 Å². The molecule has 0 radical (unpaired) electrons. The van der Waals surface area contributed by atoms with Gasteiger partial charge in [0.1, 0.15) is 35.3 Å². The van der Waals surface area contributed by atoms with Crippen molar-refractivity contribution in [3.05, 3.63) is 42.4 Å². The van der Waals surface area contributed by atoms with Gasteiger partial charge in [0.2, 0.25) is 33.3 Å². The molecular weight excluding hydrogens is 791 g/mol. The highest BCUT2D eigenvalue weighted by atomic mass is 32.2. The number of alkyl halides is 3. The molecule has 2 aliphatic heterocycles. The summed E-state index contributed by atoms with van der Waals surface area (Å²) in [5, 5.41) is 5.78. The number of amides is 4. The average Bonchev–Trinajstić information content (AvgIpc) is 4.01. The summed E-state index contributed by atoms with van der Waals surface area (Å²) < 4.78 is 99.6. The number of rotatable bonds is 8. The van der Waals surface area contributed by atoms with Gasteiger partial charge >= 0.3 is 12.3 Å². The largest absolute Gasteiger partial charge is 0.496 e. The zero-order chi connectivity index (χ0) is 42.6. The predicted octanol–water partition coefficient (Wildman–Crippen LogP) is 5.05. The van der Waals surface area contributed by atoms with Crippen LogP contribution in [-0.4, -0.2) is 96.0 Å². The zero-order valence-corrected chi connectivity index (χ0v) is 33.9. The number of fused-ring (bicyclic) bond motifs is 3. The van der Waals surface area contributed by atoms with Crippen LogP contribution in [0.25, 0.3) is 10.8 Å². The van der Waals surface area contributed by atoms with Gasteiger partial charge in [0.25, 0.3) is 5.91 Å². The Morgan fingerprint density at radius 3 is 2.45 bits per heavy atom. The third kappa shape index (κ3) is 8.54. The van der Waals surface area contributed by atoms with Crippen molar-refractivity contribution in [2.24, 2.45) is 17.8 Å². The number of hydrogen-bond acceptors (Lipinski definition) is 10. The minimum absolute atomic E-state index is 0.0484. The smallest absolute Gasteiger partial charge is 0.427 e. The number of methoxy groups -OCH3 is 1. The van der Waals surface area contributed by atoms with Crippen molar-refractivity contribution in [2.75, 3.05) is 13.7 Å². The Bertz CT molecular complexity index is 2110. The minimum atomic E-state index is -4.94. The molecule has 1 aromatic carbocycles. The molecular formula is C39H49F4N5O9S. The van der Waals surface area contributed by atoms with Gasteiger partial charge in [-0.25, -0.2) is 22.6 Å². The highest BCUT2D eigenvalue weighted by Gasteiger charge is 2.63. The first-order chi connectivity index (χ1) is 27.0. The van der Waals surface area contributed by atoms with Gasteiger partial charge in [-0.05, 0) is 83.3 Å². The summed E-state index contributed by atoms with van der Waals surface area (Å²) in [5.41, 5.74) is -4.60. The summed E-state index contributed by atoms with van der Waals surface area (Å²) in [5.74, 6) is -4.44. The Kier molecular flexibility index (Phi) is 11.5. The number of hydrogen-bond donors (Lipinski definition) is 3. The van der Waals surface area contributed by atoms with Crippen LogP contribution in [-0.2, 0) is 29.1 Å².